The minimum absolute atomic E-state index is 0.0301. The first kappa shape index (κ1) is 11.9. The van der Waals surface area contributed by atoms with E-state index in [2.05, 4.69) is 27.7 Å². The van der Waals surface area contributed by atoms with E-state index in [4.69, 9.17) is 5.73 Å². The first-order valence-corrected chi connectivity index (χ1v) is 4.71. The molecular weight excluding hydrogens is 150 g/mol. The second-order valence-electron chi connectivity index (χ2n) is 4.81. The maximum atomic E-state index is 9.26. The van der Waals surface area contributed by atoms with Gasteiger partial charge in [0.2, 0.25) is 0 Å². The lowest BCUT2D eigenvalue weighted by Crippen LogP contribution is -2.43. The van der Waals surface area contributed by atoms with Crippen LogP contribution in [0, 0.1) is 11.3 Å². The summed E-state index contributed by atoms with van der Waals surface area (Å²) in [5.41, 5.74) is 6.06. The van der Waals surface area contributed by atoms with Gasteiger partial charge in [-0.2, -0.15) is 0 Å². The van der Waals surface area contributed by atoms with Crippen molar-refractivity contribution in [3.8, 4) is 0 Å². The Morgan fingerprint density at radius 1 is 1.25 bits per heavy atom. The van der Waals surface area contributed by atoms with Crippen LogP contribution in [-0.4, -0.2) is 17.3 Å². The van der Waals surface area contributed by atoms with Gasteiger partial charge >= 0.3 is 0 Å². The maximum Gasteiger partial charge on any atom is 0.0517 e. The largest absolute Gasteiger partial charge is 0.393 e. The van der Waals surface area contributed by atoms with Crippen LogP contribution in [-0.2, 0) is 0 Å². The van der Waals surface area contributed by atoms with Gasteiger partial charge in [0.15, 0.2) is 0 Å². The quantitative estimate of drug-likeness (QED) is 0.680. The zero-order valence-corrected chi connectivity index (χ0v) is 8.96. The van der Waals surface area contributed by atoms with Gasteiger partial charge in [-0.1, -0.05) is 27.7 Å². The molecule has 0 aliphatic carbocycles. The van der Waals surface area contributed by atoms with Gasteiger partial charge in [0.1, 0.15) is 0 Å². The highest BCUT2D eigenvalue weighted by Crippen LogP contribution is 2.29. The van der Waals surface area contributed by atoms with Crippen LogP contribution in [0.2, 0.25) is 0 Å². The molecule has 2 heteroatoms. The van der Waals surface area contributed by atoms with E-state index in [1.54, 1.807) is 0 Å². The monoisotopic (exact) mass is 173 g/mol. The van der Waals surface area contributed by atoms with Gasteiger partial charge in [-0.3, -0.25) is 0 Å². The summed E-state index contributed by atoms with van der Waals surface area (Å²) in [5, 5.41) is 9.26. The molecule has 0 aliphatic heterocycles. The third-order valence-electron chi connectivity index (χ3n) is 2.44. The molecule has 0 fully saturated rings. The minimum atomic E-state index is -0.259. The van der Waals surface area contributed by atoms with Crippen LogP contribution in [0.5, 0.6) is 0 Å². The molecule has 0 saturated heterocycles. The van der Waals surface area contributed by atoms with Crippen molar-refractivity contribution in [3.05, 3.63) is 0 Å². The number of nitrogens with two attached hydrogens (primary N) is 1. The molecule has 3 N–H and O–H groups in total. The zero-order valence-electron chi connectivity index (χ0n) is 8.96. The second-order valence-corrected chi connectivity index (χ2v) is 4.81. The predicted octanol–water partition coefficient (Wildman–Crippen LogP) is 1.77. The van der Waals surface area contributed by atoms with Crippen molar-refractivity contribution in [2.75, 3.05) is 0 Å². The number of aliphatic hydroxyl groups excluding tert-OH is 1. The summed E-state index contributed by atoms with van der Waals surface area (Å²) in [5.74, 6) is 0.471. The van der Waals surface area contributed by atoms with Crippen LogP contribution in [0.3, 0.4) is 0 Å². The number of rotatable bonds is 4. The van der Waals surface area contributed by atoms with Crippen LogP contribution in [0.15, 0.2) is 0 Å². The molecule has 12 heavy (non-hydrogen) atoms. The lowest BCUT2D eigenvalue weighted by molar-refractivity contribution is 0.102. The average molecular weight is 173 g/mol. The Hall–Kier alpha value is -0.0800. The smallest absolute Gasteiger partial charge is 0.0517 e. The SMILES string of the molecule is CC(O)CC(C)(C)C(N)C(C)C. The molecule has 0 aliphatic rings. The number of hydrogen-bond acceptors (Lipinski definition) is 2. The third kappa shape index (κ3) is 3.55. The summed E-state index contributed by atoms with van der Waals surface area (Å²) in [4.78, 5) is 0. The fourth-order valence-electron chi connectivity index (χ4n) is 1.80. The van der Waals surface area contributed by atoms with Crippen molar-refractivity contribution >= 4 is 0 Å². The van der Waals surface area contributed by atoms with Crippen molar-refractivity contribution in [1.29, 1.82) is 0 Å². The summed E-state index contributed by atoms with van der Waals surface area (Å²) in [6.45, 7) is 10.3. The molecule has 0 aromatic heterocycles. The molecule has 0 bridgehead atoms. The van der Waals surface area contributed by atoms with Gasteiger partial charge in [0.05, 0.1) is 6.10 Å². The van der Waals surface area contributed by atoms with Gasteiger partial charge in [0.25, 0.3) is 0 Å². The normalized spacial score (nSPS) is 18.0. The van der Waals surface area contributed by atoms with Gasteiger partial charge < -0.3 is 10.8 Å². The van der Waals surface area contributed by atoms with E-state index in [1.807, 2.05) is 6.92 Å². The molecule has 74 valence electrons. The molecule has 0 aromatic rings. The third-order valence-corrected chi connectivity index (χ3v) is 2.44. The van der Waals surface area contributed by atoms with E-state index in [-0.39, 0.29) is 17.6 Å². The fourth-order valence-corrected chi connectivity index (χ4v) is 1.80. The Labute approximate surface area is 76.2 Å². The molecule has 2 nitrogen and oxygen atoms in total. The summed E-state index contributed by atoms with van der Waals surface area (Å²) in [6, 6.07) is 0.159. The van der Waals surface area contributed by atoms with Crippen molar-refractivity contribution in [3.63, 3.8) is 0 Å². The van der Waals surface area contributed by atoms with E-state index in [0.717, 1.165) is 6.42 Å². The highest BCUT2D eigenvalue weighted by Gasteiger charge is 2.29. The molecular formula is C10H23NO. The van der Waals surface area contributed by atoms with Gasteiger partial charge in [-0.25, -0.2) is 0 Å². The van der Waals surface area contributed by atoms with Crippen molar-refractivity contribution in [2.45, 2.75) is 53.2 Å². The molecule has 0 spiro atoms. The first-order valence-electron chi connectivity index (χ1n) is 4.71. The summed E-state index contributed by atoms with van der Waals surface area (Å²) >= 11 is 0. The lowest BCUT2D eigenvalue weighted by atomic mass is 9.75. The first-order chi connectivity index (χ1) is 5.27. The van der Waals surface area contributed by atoms with Crippen molar-refractivity contribution in [1.82, 2.24) is 0 Å². The Morgan fingerprint density at radius 2 is 1.67 bits per heavy atom. The molecule has 0 heterocycles. The van der Waals surface area contributed by atoms with E-state index in [1.165, 1.54) is 0 Å². The Balaban J connectivity index is 4.18. The van der Waals surface area contributed by atoms with E-state index < -0.39 is 0 Å². The average Bonchev–Trinajstić information content (AvgIpc) is 1.82. The fraction of sp³-hybridized carbons (Fsp3) is 1.00. The molecule has 0 saturated carbocycles. The molecule has 0 rings (SSSR count). The number of hydrogen-bond donors (Lipinski definition) is 2. The number of aliphatic hydroxyl groups is 1. The van der Waals surface area contributed by atoms with Gasteiger partial charge in [-0.05, 0) is 24.7 Å². The molecule has 0 amide bonds. The van der Waals surface area contributed by atoms with Gasteiger partial charge in [-0.15, -0.1) is 0 Å². The standard InChI is InChI=1S/C10H23NO/c1-7(2)9(11)10(4,5)6-8(3)12/h7-9,12H,6,11H2,1-5H3. The molecule has 0 aromatic carbocycles. The predicted molar refractivity (Wildman–Crippen MR) is 52.9 cm³/mol. The Bertz CT molecular complexity index is 130. The van der Waals surface area contributed by atoms with Gasteiger partial charge in [0, 0.05) is 6.04 Å². The van der Waals surface area contributed by atoms with E-state index in [0.29, 0.717) is 5.92 Å². The van der Waals surface area contributed by atoms with Crippen molar-refractivity contribution in [2.24, 2.45) is 17.1 Å². The molecule has 2 atom stereocenters. The van der Waals surface area contributed by atoms with E-state index in [9.17, 15) is 5.11 Å². The molecule has 0 radical (unpaired) electrons. The summed E-state index contributed by atoms with van der Waals surface area (Å²) in [7, 11) is 0. The van der Waals surface area contributed by atoms with Crippen LogP contribution in [0.1, 0.15) is 41.0 Å². The van der Waals surface area contributed by atoms with Crippen LogP contribution in [0.4, 0.5) is 0 Å². The summed E-state index contributed by atoms with van der Waals surface area (Å²) < 4.78 is 0. The minimum Gasteiger partial charge on any atom is -0.393 e. The Morgan fingerprint density at radius 3 is 1.92 bits per heavy atom. The lowest BCUT2D eigenvalue weighted by Gasteiger charge is -2.35. The second kappa shape index (κ2) is 4.24. The summed E-state index contributed by atoms with van der Waals surface area (Å²) in [6.07, 6.45) is 0.511. The van der Waals surface area contributed by atoms with E-state index >= 15 is 0 Å². The maximum absolute atomic E-state index is 9.26. The van der Waals surface area contributed by atoms with Crippen LogP contribution >= 0.6 is 0 Å². The Kier molecular flexibility index (Phi) is 4.21. The zero-order chi connectivity index (χ0) is 9.94. The van der Waals surface area contributed by atoms with Crippen LogP contribution < -0.4 is 5.73 Å². The highest BCUT2D eigenvalue weighted by atomic mass is 16.3. The highest BCUT2D eigenvalue weighted by molar-refractivity contribution is 4.84. The van der Waals surface area contributed by atoms with Crippen molar-refractivity contribution < 1.29 is 5.11 Å². The topological polar surface area (TPSA) is 46.2 Å². The molecule has 2 unspecified atom stereocenters. The van der Waals surface area contributed by atoms with Crippen LogP contribution in [0.25, 0.3) is 0 Å².